The molecule has 0 aliphatic carbocycles. The molecule has 0 spiro atoms. The maximum atomic E-state index is 12.2. The molecule has 0 radical (unpaired) electrons. The maximum absolute atomic E-state index is 12.2. The lowest BCUT2D eigenvalue weighted by molar-refractivity contribution is -0.136. The molecule has 0 atom stereocenters. The number of ether oxygens (including phenoxy) is 1. The zero-order valence-corrected chi connectivity index (χ0v) is 11.8. The summed E-state index contributed by atoms with van der Waals surface area (Å²) in [7, 11) is 0. The van der Waals surface area contributed by atoms with Gasteiger partial charge in [-0.3, -0.25) is 9.59 Å². The van der Waals surface area contributed by atoms with E-state index in [9.17, 15) is 9.59 Å². The zero-order chi connectivity index (χ0) is 14.3. The fourth-order valence-corrected chi connectivity index (χ4v) is 2.16. The van der Waals surface area contributed by atoms with Gasteiger partial charge in [-0.2, -0.15) is 0 Å². The fraction of sp³-hybridized carbons (Fsp3) is 0.846. The lowest BCUT2D eigenvalue weighted by Crippen LogP contribution is -2.49. The minimum Gasteiger partial charge on any atom is -0.381 e. The van der Waals surface area contributed by atoms with Crippen molar-refractivity contribution in [2.45, 2.75) is 39.2 Å². The molecule has 1 fully saturated rings. The summed E-state index contributed by atoms with van der Waals surface area (Å²) in [5, 5.41) is 5.60. The van der Waals surface area contributed by atoms with Crippen molar-refractivity contribution in [2.24, 2.45) is 11.1 Å². The van der Waals surface area contributed by atoms with Crippen LogP contribution in [0.15, 0.2) is 0 Å². The van der Waals surface area contributed by atoms with Gasteiger partial charge in [0.15, 0.2) is 0 Å². The molecule has 1 aliphatic heterocycles. The molecule has 110 valence electrons. The van der Waals surface area contributed by atoms with E-state index in [1.54, 1.807) is 0 Å². The number of carbonyl (C=O) groups is 2. The van der Waals surface area contributed by atoms with Gasteiger partial charge in [0.1, 0.15) is 0 Å². The molecule has 1 aliphatic rings. The molecule has 6 heteroatoms. The molecule has 1 heterocycles. The summed E-state index contributed by atoms with van der Waals surface area (Å²) in [5.41, 5.74) is 5.22. The number of hydrogen-bond donors (Lipinski definition) is 3. The second kappa shape index (κ2) is 7.45. The van der Waals surface area contributed by atoms with E-state index in [1.807, 2.05) is 13.8 Å². The van der Waals surface area contributed by atoms with E-state index in [0.29, 0.717) is 45.6 Å². The van der Waals surface area contributed by atoms with Gasteiger partial charge in [0, 0.05) is 38.8 Å². The molecule has 0 unspecified atom stereocenters. The monoisotopic (exact) mass is 271 g/mol. The molecule has 0 bridgehead atoms. The van der Waals surface area contributed by atoms with Crippen LogP contribution in [0.25, 0.3) is 0 Å². The van der Waals surface area contributed by atoms with Gasteiger partial charge in [-0.1, -0.05) is 0 Å². The molecule has 19 heavy (non-hydrogen) atoms. The molecule has 1 rings (SSSR count). The second-order valence-corrected chi connectivity index (χ2v) is 5.32. The number of nitrogens with one attached hydrogen (secondary N) is 2. The first-order chi connectivity index (χ1) is 9.00. The Balaban J connectivity index is 2.35. The Kier molecular flexibility index (Phi) is 6.24. The van der Waals surface area contributed by atoms with Crippen LogP contribution in [0, 0.1) is 5.41 Å². The van der Waals surface area contributed by atoms with Crippen LogP contribution < -0.4 is 16.4 Å². The lowest BCUT2D eigenvalue weighted by atomic mass is 9.79. The molecular formula is C13H25N3O3. The first-order valence-corrected chi connectivity index (χ1v) is 6.85. The van der Waals surface area contributed by atoms with E-state index in [0.717, 1.165) is 0 Å². The van der Waals surface area contributed by atoms with Crippen molar-refractivity contribution in [3.05, 3.63) is 0 Å². The van der Waals surface area contributed by atoms with Crippen molar-refractivity contribution in [1.29, 1.82) is 0 Å². The molecule has 4 N–H and O–H groups in total. The van der Waals surface area contributed by atoms with Crippen LogP contribution in [0.1, 0.15) is 33.1 Å². The van der Waals surface area contributed by atoms with Gasteiger partial charge in [0.05, 0.1) is 5.41 Å². The smallest absolute Gasteiger partial charge is 0.227 e. The molecular weight excluding hydrogens is 246 g/mol. The summed E-state index contributed by atoms with van der Waals surface area (Å²) in [6.45, 7) is 5.61. The van der Waals surface area contributed by atoms with Crippen molar-refractivity contribution < 1.29 is 14.3 Å². The summed E-state index contributed by atoms with van der Waals surface area (Å²) >= 11 is 0. The summed E-state index contributed by atoms with van der Waals surface area (Å²) in [6, 6.07) is 0.120. The minimum absolute atomic E-state index is 0.0518. The maximum Gasteiger partial charge on any atom is 0.227 e. The van der Waals surface area contributed by atoms with Crippen molar-refractivity contribution in [3.63, 3.8) is 0 Å². The minimum atomic E-state index is -0.521. The van der Waals surface area contributed by atoms with E-state index in [1.165, 1.54) is 0 Å². The average Bonchev–Trinajstić information content (AvgIpc) is 2.38. The van der Waals surface area contributed by atoms with E-state index in [-0.39, 0.29) is 17.9 Å². The van der Waals surface area contributed by atoms with Crippen LogP contribution >= 0.6 is 0 Å². The predicted octanol–water partition coefficient (Wildman–Crippen LogP) is -0.227. The number of hydrogen-bond acceptors (Lipinski definition) is 4. The topological polar surface area (TPSA) is 93.5 Å². The zero-order valence-electron chi connectivity index (χ0n) is 11.8. The Morgan fingerprint density at radius 2 is 1.95 bits per heavy atom. The average molecular weight is 271 g/mol. The highest BCUT2D eigenvalue weighted by Crippen LogP contribution is 2.29. The van der Waals surface area contributed by atoms with Gasteiger partial charge < -0.3 is 21.1 Å². The Morgan fingerprint density at radius 3 is 2.47 bits per heavy atom. The van der Waals surface area contributed by atoms with Crippen molar-refractivity contribution in [2.75, 3.05) is 26.3 Å². The summed E-state index contributed by atoms with van der Waals surface area (Å²) in [5.74, 6) is -0.111. The number of rotatable bonds is 6. The van der Waals surface area contributed by atoms with Gasteiger partial charge in [-0.05, 0) is 26.7 Å². The van der Waals surface area contributed by atoms with E-state index < -0.39 is 5.41 Å². The van der Waals surface area contributed by atoms with Crippen LogP contribution in [-0.4, -0.2) is 44.2 Å². The Labute approximate surface area is 114 Å². The van der Waals surface area contributed by atoms with E-state index >= 15 is 0 Å². The Bertz CT molecular complexity index is 312. The van der Waals surface area contributed by atoms with Crippen LogP contribution in [-0.2, 0) is 14.3 Å². The largest absolute Gasteiger partial charge is 0.381 e. The number of carbonyl (C=O) groups excluding carboxylic acids is 2. The van der Waals surface area contributed by atoms with Gasteiger partial charge in [0.25, 0.3) is 0 Å². The highest BCUT2D eigenvalue weighted by Gasteiger charge is 2.38. The molecule has 6 nitrogen and oxygen atoms in total. The first-order valence-electron chi connectivity index (χ1n) is 6.85. The second-order valence-electron chi connectivity index (χ2n) is 5.32. The van der Waals surface area contributed by atoms with Crippen molar-refractivity contribution >= 4 is 11.8 Å². The highest BCUT2D eigenvalue weighted by atomic mass is 16.5. The van der Waals surface area contributed by atoms with Crippen molar-refractivity contribution in [1.82, 2.24) is 10.6 Å². The van der Waals surface area contributed by atoms with Crippen LogP contribution in [0.4, 0.5) is 0 Å². The number of amides is 2. The van der Waals surface area contributed by atoms with Crippen LogP contribution in [0.3, 0.4) is 0 Å². The van der Waals surface area contributed by atoms with E-state index in [4.69, 9.17) is 10.5 Å². The quantitative estimate of drug-likeness (QED) is 0.622. The van der Waals surface area contributed by atoms with Crippen LogP contribution in [0.5, 0.6) is 0 Å². The van der Waals surface area contributed by atoms with Gasteiger partial charge >= 0.3 is 0 Å². The Morgan fingerprint density at radius 1 is 1.32 bits per heavy atom. The molecule has 2 amide bonds. The third-order valence-electron chi connectivity index (χ3n) is 3.41. The molecule has 1 saturated heterocycles. The standard InChI is InChI=1S/C13H25N3O3/c1-10(2)16-11(17)3-6-15-12(18)13(9-14)4-7-19-8-5-13/h10H,3-9,14H2,1-2H3,(H,15,18)(H,16,17). The molecule has 0 saturated carbocycles. The summed E-state index contributed by atoms with van der Waals surface area (Å²) < 4.78 is 5.26. The molecule has 0 aromatic carbocycles. The normalized spacial score (nSPS) is 18.1. The van der Waals surface area contributed by atoms with Gasteiger partial charge in [-0.25, -0.2) is 0 Å². The first kappa shape index (κ1) is 15.9. The van der Waals surface area contributed by atoms with E-state index in [2.05, 4.69) is 10.6 Å². The summed E-state index contributed by atoms with van der Waals surface area (Å²) in [6.07, 6.45) is 1.59. The SMILES string of the molecule is CC(C)NC(=O)CCNC(=O)C1(CN)CCOCC1. The highest BCUT2D eigenvalue weighted by molar-refractivity contribution is 5.84. The number of nitrogens with two attached hydrogens (primary N) is 1. The molecule has 0 aromatic rings. The fourth-order valence-electron chi connectivity index (χ4n) is 2.16. The third-order valence-corrected chi connectivity index (χ3v) is 3.41. The molecule has 0 aromatic heterocycles. The Hall–Kier alpha value is -1.14. The van der Waals surface area contributed by atoms with Gasteiger partial charge in [0.2, 0.25) is 11.8 Å². The third kappa shape index (κ3) is 4.80. The predicted molar refractivity (Wildman–Crippen MR) is 72.4 cm³/mol. The summed E-state index contributed by atoms with van der Waals surface area (Å²) in [4.78, 5) is 23.6. The van der Waals surface area contributed by atoms with Crippen LogP contribution in [0.2, 0.25) is 0 Å². The van der Waals surface area contributed by atoms with Gasteiger partial charge in [-0.15, -0.1) is 0 Å². The lowest BCUT2D eigenvalue weighted by Gasteiger charge is -2.34. The van der Waals surface area contributed by atoms with Crippen molar-refractivity contribution in [3.8, 4) is 0 Å².